The monoisotopic (exact) mass is 284 g/mol. The van der Waals surface area contributed by atoms with Gasteiger partial charge in [0, 0.05) is 18.7 Å². The summed E-state index contributed by atoms with van der Waals surface area (Å²) < 4.78 is 32.7. The van der Waals surface area contributed by atoms with Gasteiger partial charge in [-0.05, 0) is 25.3 Å². The molecule has 0 bridgehead atoms. The first-order valence-electron chi connectivity index (χ1n) is 6.68. The summed E-state index contributed by atoms with van der Waals surface area (Å²) in [5.74, 6) is -2.59. The van der Waals surface area contributed by atoms with Gasteiger partial charge in [0.25, 0.3) is 5.91 Å². The SMILES string of the molecule is CCC1CC(Nc2cc(C(N)=O)c(F)cc2F)CCO1. The van der Waals surface area contributed by atoms with Crippen LogP contribution in [0.2, 0.25) is 0 Å². The van der Waals surface area contributed by atoms with E-state index < -0.39 is 17.5 Å². The van der Waals surface area contributed by atoms with Gasteiger partial charge in [-0.25, -0.2) is 8.78 Å². The molecule has 0 spiro atoms. The molecule has 1 aliphatic heterocycles. The molecule has 1 saturated heterocycles. The molecule has 1 aromatic rings. The smallest absolute Gasteiger partial charge is 0.251 e. The third-order valence-corrected chi connectivity index (χ3v) is 3.50. The normalized spacial score (nSPS) is 22.6. The number of carbonyl (C=O) groups excluding carboxylic acids is 1. The maximum atomic E-state index is 13.7. The summed E-state index contributed by atoms with van der Waals surface area (Å²) >= 11 is 0. The standard InChI is InChI=1S/C14H18F2N2O2/c1-2-9-5-8(3-4-20-9)18-13-6-10(14(17)19)11(15)7-12(13)16/h6-9,18H,2-5H2,1H3,(H2,17,19). The summed E-state index contributed by atoms with van der Waals surface area (Å²) in [6.45, 7) is 2.62. The second kappa shape index (κ2) is 6.17. The molecule has 110 valence electrons. The molecule has 1 fully saturated rings. The van der Waals surface area contributed by atoms with Gasteiger partial charge in [-0.3, -0.25) is 4.79 Å². The number of hydrogen-bond acceptors (Lipinski definition) is 3. The lowest BCUT2D eigenvalue weighted by atomic mass is 10.0. The Labute approximate surface area is 116 Å². The van der Waals surface area contributed by atoms with E-state index in [2.05, 4.69) is 5.32 Å². The Morgan fingerprint density at radius 2 is 2.20 bits per heavy atom. The van der Waals surface area contributed by atoms with Crippen LogP contribution < -0.4 is 11.1 Å². The highest BCUT2D eigenvalue weighted by molar-refractivity contribution is 5.94. The van der Waals surface area contributed by atoms with Gasteiger partial charge in [0.15, 0.2) is 0 Å². The van der Waals surface area contributed by atoms with E-state index in [1.165, 1.54) is 0 Å². The maximum Gasteiger partial charge on any atom is 0.251 e. The van der Waals surface area contributed by atoms with Crippen molar-refractivity contribution in [1.29, 1.82) is 0 Å². The van der Waals surface area contributed by atoms with Crippen LogP contribution in [0.5, 0.6) is 0 Å². The van der Waals surface area contributed by atoms with Gasteiger partial charge in [-0.2, -0.15) is 0 Å². The highest BCUT2D eigenvalue weighted by Gasteiger charge is 2.23. The van der Waals surface area contributed by atoms with Crippen LogP contribution in [0.25, 0.3) is 0 Å². The van der Waals surface area contributed by atoms with E-state index in [-0.39, 0.29) is 23.4 Å². The largest absolute Gasteiger partial charge is 0.380 e. The van der Waals surface area contributed by atoms with Gasteiger partial charge in [0.1, 0.15) is 11.6 Å². The average Bonchev–Trinajstić information content (AvgIpc) is 2.41. The predicted octanol–water partition coefficient (Wildman–Crippen LogP) is 2.43. The Morgan fingerprint density at radius 1 is 1.45 bits per heavy atom. The van der Waals surface area contributed by atoms with Crippen molar-refractivity contribution >= 4 is 11.6 Å². The fourth-order valence-corrected chi connectivity index (χ4v) is 2.36. The topological polar surface area (TPSA) is 64.3 Å². The molecule has 6 heteroatoms. The van der Waals surface area contributed by atoms with E-state index in [9.17, 15) is 13.6 Å². The van der Waals surface area contributed by atoms with Crippen LogP contribution in [0.4, 0.5) is 14.5 Å². The fourth-order valence-electron chi connectivity index (χ4n) is 2.36. The lowest BCUT2D eigenvalue weighted by molar-refractivity contribution is 0.00920. The molecule has 0 saturated carbocycles. The molecular formula is C14H18F2N2O2. The van der Waals surface area contributed by atoms with Crippen molar-refractivity contribution in [2.24, 2.45) is 5.73 Å². The number of amides is 1. The van der Waals surface area contributed by atoms with Crippen LogP contribution in [-0.4, -0.2) is 24.7 Å². The number of rotatable bonds is 4. The number of halogens is 2. The van der Waals surface area contributed by atoms with Crippen molar-refractivity contribution in [2.45, 2.75) is 38.3 Å². The first-order chi connectivity index (χ1) is 9.51. The van der Waals surface area contributed by atoms with Crippen molar-refractivity contribution in [1.82, 2.24) is 0 Å². The minimum Gasteiger partial charge on any atom is -0.380 e. The second-order valence-corrected chi connectivity index (χ2v) is 4.94. The fraction of sp³-hybridized carbons (Fsp3) is 0.500. The molecule has 1 aliphatic rings. The molecule has 1 aromatic carbocycles. The molecule has 2 atom stereocenters. The lowest BCUT2D eigenvalue weighted by Crippen LogP contribution is -2.34. The minimum atomic E-state index is -0.945. The average molecular weight is 284 g/mol. The summed E-state index contributed by atoms with van der Waals surface area (Å²) in [4.78, 5) is 11.1. The van der Waals surface area contributed by atoms with Crippen molar-refractivity contribution in [3.8, 4) is 0 Å². The third kappa shape index (κ3) is 3.25. The van der Waals surface area contributed by atoms with Gasteiger partial charge in [0.05, 0.1) is 17.4 Å². The molecule has 0 aromatic heterocycles. The van der Waals surface area contributed by atoms with E-state index >= 15 is 0 Å². The van der Waals surface area contributed by atoms with Crippen LogP contribution in [0.15, 0.2) is 12.1 Å². The van der Waals surface area contributed by atoms with Crippen molar-refractivity contribution in [3.05, 3.63) is 29.3 Å². The number of nitrogens with two attached hydrogens (primary N) is 1. The molecular weight excluding hydrogens is 266 g/mol. The summed E-state index contributed by atoms with van der Waals surface area (Å²) in [6.07, 6.45) is 2.51. The Bertz CT molecular complexity index is 508. The summed E-state index contributed by atoms with van der Waals surface area (Å²) in [7, 11) is 0. The van der Waals surface area contributed by atoms with E-state index in [0.29, 0.717) is 12.7 Å². The molecule has 1 heterocycles. The lowest BCUT2D eigenvalue weighted by Gasteiger charge is -2.30. The summed E-state index contributed by atoms with van der Waals surface area (Å²) in [5, 5.41) is 3.01. The molecule has 2 rings (SSSR count). The first kappa shape index (κ1) is 14.7. The number of nitrogens with one attached hydrogen (secondary N) is 1. The van der Waals surface area contributed by atoms with Gasteiger partial charge in [-0.15, -0.1) is 0 Å². The summed E-state index contributed by atoms with van der Waals surface area (Å²) in [5.41, 5.74) is 4.85. The number of anilines is 1. The molecule has 3 N–H and O–H groups in total. The Hall–Kier alpha value is -1.69. The Morgan fingerprint density at radius 3 is 2.85 bits per heavy atom. The van der Waals surface area contributed by atoms with Crippen LogP contribution in [0.3, 0.4) is 0 Å². The van der Waals surface area contributed by atoms with E-state index in [1.54, 1.807) is 0 Å². The first-order valence-corrected chi connectivity index (χ1v) is 6.68. The molecule has 20 heavy (non-hydrogen) atoms. The van der Waals surface area contributed by atoms with Gasteiger partial charge >= 0.3 is 0 Å². The van der Waals surface area contributed by atoms with Gasteiger partial charge in [0.2, 0.25) is 0 Å². The quantitative estimate of drug-likeness (QED) is 0.892. The van der Waals surface area contributed by atoms with Crippen LogP contribution >= 0.6 is 0 Å². The van der Waals surface area contributed by atoms with Crippen molar-refractivity contribution in [3.63, 3.8) is 0 Å². The molecule has 2 unspecified atom stereocenters. The zero-order chi connectivity index (χ0) is 14.7. The molecule has 0 radical (unpaired) electrons. The number of primary amides is 1. The predicted molar refractivity (Wildman–Crippen MR) is 71.6 cm³/mol. The highest BCUT2D eigenvalue weighted by atomic mass is 19.1. The Balaban J connectivity index is 2.16. The zero-order valence-corrected chi connectivity index (χ0v) is 11.3. The Kier molecular flexibility index (Phi) is 4.54. The molecule has 0 aliphatic carbocycles. The second-order valence-electron chi connectivity index (χ2n) is 4.94. The molecule has 4 nitrogen and oxygen atoms in total. The number of hydrogen-bond donors (Lipinski definition) is 2. The highest BCUT2D eigenvalue weighted by Crippen LogP contribution is 2.24. The number of ether oxygens (including phenoxy) is 1. The third-order valence-electron chi connectivity index (χ3n) is 3.50. The van der Waals surface area contributed by atoms with E-state index in [4.69, 9.17) is 10.5 Å². The zero-order valence-electron chi connectivity index (χ0n) is 11.3. The van der Waals surface area contributed by atoms with Gasteiger partial charge in [-0.1, -0.05) is 6.92 Å². The number of carbonyl (C=O) groups is 1. The van der Waals surface area contributed by atoms with Crippen molar-refractivity contribution < 1.29 is 18.3 Å². The maximum absolute atomic E-state index is 13.7. The summed E-state index contributed by atoms with van der Waals surface area (Å²) in [6, 6.07) is 1.84. The van der Waals surface area contributed by atoms with E-state index in [0.717, 1.165) is 25.3 Å². The van der Waals surface area contributed by atoms with Crippen LogP contribution in [-0.2, 0) is 4.74 Å². The van der Waals surface area contributed by atoms with Crippen LogP contribution in [0, 0.1) is 11.6 Å². The minimum absolute atomic E-state index is 0.0365. The number of benzene rings is 1. The molecule has 1 amide bonds. The van der Waals surface area contributed by atoms with E-state index in [1.807, 2.05) is 6.92 Å². The van der Waals surface area contributed by atoms with Crippen LogP contribution in [0.1, 0.15) is 36.5 Å². The van der Waals surface area contributed by atoms with Gasteiger partial charge < -0.3 is 15.8 Å². The van der Waals surface area contributed by atoms with Crippen molar-refractivity contribution in [2.75, 3.05) is 11.9 Å².